The lowest BCUT2D eigenvalue weighted by Gasteiger charge is -1.86. The van der Waals surface area contributed by atoms with Crippen LogP contribution in [0.5, 0.6) is 0 Å². The molecule has 2 nitrogen and oxygen atoms in total. The molecule has 0 saturated carbocycles. The summed E-state index contributed by atoms with van der Waals surface area (Å²) in [4.78, 5) is 3.83. The quantitative estimate of drug-likeness (QED) is 0.476. The summed E-state index contributed by atoms with van der Waals surface area (Å²) in [6.07, 6.45) is 3.35. The largest absolute Gasteiger partial charge is 0.228 e. The van der Waals surface area contributed by atoms with Crippen LogP contribution in [0.4, 0.5) is 0 Å². The maximum absolute atomic E-state index is 5.41. The number of nitrogens with zero attached hydrogens (tertiary/aromatic N) is 2. The number of rotatable bonds is 1. The number of halogens is 1. The first-order valence-corrected chi connectivity index (χ1v) is 2.77. The van der Waals surface area contributed by atoms with E-state index < -0.39 is 0 Å². The molecule has 42 valence electrons. The van der Waals surface area contributed by atoms with Crippen molar-refractivity contribution in [1.29, 1.82) is 0 Å². The zero-order valence-electron chi connectivity index (χ0n) is 4.48. The van der Waals surface area contributed by atoms with Crippen molar-refractivity contribution in [2.45, 2.75) is 13.3 Å². The van der Waals surface area contributed by atoms with Gasteiger partial charge in [0, 0.05) is 6.42 Å². The van der Waals surface area contributed by atoms with Crippen molar-refractivity contribution in [1.82, 2.24) is 5.32 Å². The molecule has 3 heteroatoms. The number of aliphatic imine (C=N–C) groups is 1. The van der Waals surface area contributed by atoms with E-state index in [-0.39, 0.29) is 0 Å². The minimum atomic E-state index is 0.363. The molecule has 0 amide bonds. The van der Waals surface area contributed by atoms with Crippen LogP contribution in [0, 0.1) is 6.20 Å². The van der Waals surface area contributed by atoms with Gasteiger partial charge in [-0.15, -0.1) is 0 Å². The smallest absolute Gasteiger partial charge is 0.159 e. The van der Waals surface area contributed by atoms with Crippen LogP contribution in [0.25, 0.3) is 0 Å². The molecule has 0 saturated heterocycles. The Hall–Kier alpha value is -0.500. The summed E-state index contributed by atoms with van der Waals surface area (Å²) in [7, 11) is 0. The van der Waals surface area contributed by atoms with Gasteiger partial charge < -0.3 is 0 Å². The summed E-state index contributed by atoms with van der Waals surface area (Å²) in [6, 6.07) is 0. The molecule has 0 aromatic heterocycles. The van der Waals surface area contributed by atoms with Crippen molar-refractivity contribution >= 4 is 17.4 Å². The summed E-state index contributed by atoms with van der Waals surface area (Å²) in [5.74, 6) is 0.759. The van der Waals surface area contributed by atoms with E-state index in [9.17, 15) is 0 Å². The van der Waals surface area contributed by atoms with Crippen LogP contribution in [-0.2, 0) is 0 Å². The number of hydrogen-bond donors (Lipinski definition) is 0. The Morgan fingerprint density at radius 3 is 2.75 bits per heavy atom. The molecule has 1 aliphatic rings. The Balaban J connectivity index is 2.56. The SMILES string of the molecule is CCC1=NC(Cl)=[C][N]1. The van der Waals surface area contributed by atoms with Gasteiger partial charge in [-0.2, -0.15) is 0 Å². The van der Waals surface area contributed by atoms with Crippen LogP contribution in [0.3, 0.4) is 0 Å². The van der Waals surface area contributed by atoms with Crippen molar-refractivity contribution in [3.05, 3.63) is 11.4 Å². The first-order valence-electron chi connectivity index (χ1n) is 2.39. The average molecular weight is 129 g/mol. The normalized spacial score (nSPS) is 17.2. The number of hydrogen-bond acceptors (Lipinski definition) is 1. The summed E-state index contributed by atoms with van der Waals surface area (Å²) in [5.41, 5.74) is 0. The monoisotopic (exact) mass is 128 g/mol. The molecule has 8 heavy (non-hydrogen) atoms. The lowest BCUT2D eigenvalue weighted by molar-refractivity contribution is 1.14. The van der Waals surface area contributed by atoms with Gasteiger partial charge in [0.25, 0.3) is 0 Å². The fourth-order valence-corrected chi connectivity index (χ4v) is 0.572. The van der Waals surface area contributed by atoms with Gasteiger partial charge >= 0.3 is 0 Å². The van der Waals surface area contributed by atoms with E-state index in [1.54, 1.807) is 0 Å². The molecule has 0 unspecified atom stereocenters. The van der Waals surface area contributed by atoms with E-state index in [2.05, 4.69) is 16.5 Å². The second-order valence-corrected chi connectivity index (χ2v) is 1.75. The third kappa shape index (κ3) is 1.01. The fourth-order valence-electron chi connectivity index (χ4n) is 0.432. The minimum Gasteiger partial charge on any atom is -0.228 e. The van der Waals surface area contributed by atoms with Crippen molar-refractivity contribution in [2.75, 3.05) is 0 Å². The Kier molecular flexibility index (Phi) is 1.53. The molecule has 1 rings (SSSR count). The molecule has 0 bridgehead atoms. The van der Waals surface area contributed by atoms with E-state index in [1.807, 2.05) is 6.92 Å². The van der Waals surface area contributed by atoms with Gasteiger partial charge in [-0.25, -0.2) is 10.3 Å². The van der Waals surface area contributed by atoms with Crippen LogP contribution < -0.4 is 5.32 Å². The first kappa shape index (κ1) is 5.63. The van der Waals surface area contributed by atoms with Gasteiger partial charge in [0.15, 0.2) is 5.16 Å². The van der Waals surface area contributed by atoms with Gasteiger partial charge in [-0.05, 0) is 0 Å². The molecule has 0 aromatic rings. The molecule has 0 atom stereocenters. The van der Waals surface area contributed by atoms with E-state index in [4.69, 9.17) is 11.6 Å². The van der Waals surface area contributed by atoms with Gasteiger partial charge in [-0.3, -0.25) is 0 Å². The minimum absolute atomic E-state index is 0.363. The van der Waals surface area contributed by atoms with E-state index in [1.165, 1.54) is 0 Å². The zero-order chi connectivity index (χ0) is 5.98. The topological polar surface area (TPSA) is 26.5 Å². The van der Waals surface area contributed by atoms with Crippen LogP contribution in [0.1, 0.15) is 13.3 Å². The fraction of sp³-hybridized carbons (Fsp3) is 0.400. The standard InChI is InChI=1S/C5H5ClN2/c1-2-5-7-3-4(6)8-5/h2H2,1H3. The molecule has 1 aliphatic heterocycles. The highest BCUT2D eigenvalue weighted by atomic mass is 35.5. The van der Waals surface area contributed by atoms with Crippen LogP contribution >= 0.6 is 11.6 Å². The Morgan fingerprint density at radius 2 is 2.50 bits per heavy atom. The van der Waals surface area contributed by atoms with E-state index in [0.29, 0.717) is 5.16 Å². The predicted molar refractivity (Wildman–Crippen MR) is 32.5 cm³/mol. The lowest BCUT2D eigenvalue weighted by atomic mass is 10.4. The molecular formula is C5H5ClN2. The molecule has 0 aliphatic carbocycles. The second-order valence-electron chi connectivity index (χ2n) is 1.40. The van der Waals surface area contributed by atoms with Gasteiger partial charge in [-0.1, -0.05) is 18.5 Å². The number of amidine groups is 1. The molecule has 2 radical (unpaired) electrons. The van der Waals surface area contributed by atoms with Gasteiger partial charge in [0.2, 0.25) is 0 Å². The summed E-state index contributed by atoms with van der Waals surface area (Å²) in [6.45, 7) is 1.97. The maximum Gasteiger partial charge on any atom is 0.159 e. The first-order chi connectivity index (χ1) is 3.83. The predicted octanol–water partition coefficient (Wildman–Crippen LogP) is 1.25. The second kappa shape index (κ2) is 2.18. The Morgan fingerprint density at radius 1 is 1.75 bits per heavy atom. The van der Waals surface area contributed by atoms with Crippen LogP contribution in [0.15, 0.2) is 10.1 Å². The van der Waals surface area contributed by atoms with Crippen molar-refractivity contribution in [2.24, 2.45) is 4.99 Å². The summed E-state index contributed by atoms with van der Waals surface area (Å²) in [5, 5.41) is 4.13. The molecule has 0 aromatic carbocycles. The highest BCUT2D eigenvalue weighted by molar-refractivity contribution is 6.30. The van der Waals surface area contributed by atoms with Crippen LogP contribution in [0.2, 0.25) is 0 Å². The highest BCUT2D eigenvalue weighted by Crippen LogP contribution is 2.07. The maximum atomic E-state index is 5.41. The summed E-state index contributed by atoms with van der Waals surface area (Å²) >= 11 is 5.41. The Labute approximate surface area is 53.3 Å². The van der Waals surface area contributed by atoms with E-state index in [0.717, 1.165) is 12.3 Å². The lowest BCUT2D eigenvalue weighted by Crippen LogP contribution is -2.02. The molecule has 0 spiro atoms. The molecule has 0 N–H and O–H groups in total. The van der Waals surface area contributed by atoms with Gasteiger partial charge in [0.05, 0.1) is 0 Å². The van der Waals surface area contributed by atoms with E-state index >= 15 is 0 Å². The zero-order valence-corrected chi connectivity index (χ0v) is 5.24. The average Bonchev–Trinajstić information content (AvgIpc) is 2.14. The third-order valence-corrected chi connectivity index (χ3v) is 0.990. The molecular weight excluding hydrogens is 124 g/mol. The van der Waals surface area contributed by atoms with Crippen LogP contribution in [-0.4, -0.2) is 5.84 Å². The van der Waals surface area contributed by atoms with Crippen molar-refractivity contribution < 1.29 is 0 Å². The van der Waals surface area contributed by atoms with Crippen molar-refractivity contribution in [3.63, 3.8) is 0 Å². The Bertz CT molecular complexity index is 149. The molecule has 1 heterocycles. The summed E-state index contributed by atoms with van der Waals surface area (Å²) < 4.78 is 0. The third-order valence-electron chi connectivity index (χ3n) is 0.821. The van der Waals surface area contributed by atoms with Crippen molar-refractivity contribution in [3.8, 4) is 0 Å². The van der Waals surface area contributed by atoms with Gasteiger partial charge in [0.1, 0.15) is 12.0 Å². The highest BCUT2D eigenvalue weighted by Gasteiger charge is 2.04. The molecule has 0 fully saturated rings.